The molecule has 0 aliphatic rings. The lowest BCUT2D eigenvalue weighted by atomic mass is 10.0. The predicted molar refractivity (Wildman–Crippen MR) is 44.1 cm³/mol. The second kappa shape index (κ2) is 4.06. The van der Waals surface area contributed by atoms with Gasteiger partial charge in [0.15, 0.2) is 0 Å². The Kier molecular flexibility index (Phi) is 3.14. The lowest BCUT2D eigenvalue weighted by molar-refractivity contribution is -0.149. The Hall–Kier alpha value is -1.68. The summed E-state index contributed by atoms with van der Waals surface area (Å²) in [5, 5.41) is 8.31. The van der Waals surface area contributed by atoms with Crippen LogP contribution in [0.5, 0.6) is 0 Å². The summed E-state index contributed by atoms with van der Waals surface area (Å²) in [6, 6.07) is -0.481. The highest BCUT2D eigenvalue weighted by molar-refractivity contribution is 5.36. The Morgan fingerprint density at radius 3 is 1.94 bits per heavy atom. The van der Waals surface area contributed by atoms with E-state index in [0.717, 1.165) is 0 Å². The Morgan fingerprint density at radius 1 is 1.19 bits per heavy atom. The molecule has 0 unspecified atom stereocenters. The molecule has 0 bridgehead atoms. The fourth-order valence-electron chi connectivity index (χ4n) is 1.07. The molecule has 1 atom stereocenters. The molecule has 0 saturated heterocycles. The quantitative estimate of drug-likeness (QED) is 0.761. The average molecular weight is 236 g/mol. The van der Waals surface area contributed by atoms with Crippen molar-refractivity contribution in [2.75, 3.05) is 0 Å². The zero-order valence-electron chi connectivity index (χ0n) is 7.65. The summed E-state index contributed by atoms with van der Waals surface area (Å²) in [5.41, 5.74) is 3.07. The third-order valence-corrected chi connectivity index (χ3v) is 1.89. The smallest absolute Gasteiger partial charge is 0.316 e. The van der Waals surface area contributed by atoms with Crippen molar-refractivity contribution in [3.63, 3.8) is 0 Å². The van der Waals surface area contributed by atoms with E-state index in [9.17, 15) is 22.0 Å². The highest BCUT2D eigenvalue weighted by Gasteiger charge is 2.38. The van der Waals surface area contributed by atoms with Crippen LogP contribution in [-0.4, -0.2) is 6.18 Å². The lowest BCUT2D eigenvalue weighted by Crippen LogP contribution is -2.28. The van der Waals surface area contributed by atoms with Gasteiger partial charge in [-0.1, -0.05) is 0 Å². The van der Waals surface area contributed by atoms with Crippen LogP contribution in [0, 0.1) is 23.0 Å². The van der Waals surface area contributed by atoms with Gasteiger partial charge in [-0.2, -0.15) is 18.4 Å². The molecule has 1 aromatic rings. The molecule has 0 saturated carbocycles. The monoisotopic (exact) mass is 236 g/mol. The summed E-state index contributed by atoms with van der Waals surface area (Å²) >= 11 is 0. The van der Waals surface area contributed by atoms with E-state index >= 15 is 0 Å². The maximum atomic E-state index is 13.0. The van der Waals surface area contributed by atoms with Crippen LogP contribution < -0.4 is 5.73 Å². The summed E-state index contributed by atoms with van der Waals surface area (Å²) < 4.78 is 62.4. The third-order valence-electron chi connectivity index (χ3n) is 1.89. The summed E-state index contributed by atoms with van der Waals surface area (Å²) in [4.78, 5) is 0. The predicted octanol–water partition coefficient (Wildman–Crippen LogP) is 2.40. The molecule has 0 aliphatic heterocycles. The van der Waals surface area contributed by atoms with Gasteiger partial charge >= 0.3 is 6.18 Å². The van der Waals surface area contributed by atoms with Crippen LogP contribution in [-0.2, 0) is 0 Å². The maximum absolute atomic E-state index is 13.0. The van der Waals surface area contributed by atoms with Gasteiger partial charge in [0.1, 0.15) is 29.3 Å². The molecule has 1 rings (SSSR count). The molecule has 16 heavy (non-hydrogen) atoms. The van der Waals surface area contributed by atoms with Crippen molar-refractivity contribution in [2.45, 2.75) is 12.2 Å². The van der Waals surface area contributed by atoms with Crippen LogP contribution in [0.4, 0.5) is 22.0 Å². The van der Waals surface area contributed by atoms with E-state index in [1.165, 1.54) is 6.07 Å². The van der Waals surface area contributed by atoms with E-state index in [1.54, 1.807) is 0 Å². The van der Waals surface area contributed by atoms with Gasteiger partial charge in [0, 0.05) is 0 Å². The van der Waals surface area contributed by atoms with Crippen LogP contribution in [0.1, 0.15) is 17.2 Å². The van der Waals surface area contributed by atoms with E-state index in [0.29, 0.717) is 12.1 Å². The zero-order chi connectivity index (χ0) is 12.5. The number of nitrogens with two attached hydrogens (primary N) is 1. The van der Waals surface area contributed by atoms with Gasteiger partial charge in [-0.05, 0) is 17.7 Å². The normalized spacial score (nSPS) is 13.3. The largest absolute Gasteiger partial charge is 0.407 e. The van der Waals surface area contributed by atoms with Crippen molar-refractivity contribution in [3.05, 3.63) is 34.9 Å². The summed E-state index contributed by atoms with van der Waals surface area (Å²) in [6.07, 6.45) is -4.80. The summed E-state index contributed by atoms with van der Waals surface area (Å²) in [5.74, 6) is -2.73. The van der Waals surface area contributed by atoms with Gasteiger partial charge in [-0.3, -0.25) is 0 Å². The molecule has 0 aliphatic carbocycles. The second-order valence-electron chi connectivity index (χ2n) is 2.99. The first kappa shape index (κ1) is 12.4. The van der Waals surface area contributed by atoms with Crippen molar-refractivity contribution in [3.8, 4) is 6.07 Å². The first-order valence-electron chi connectivity index (χ1n) is 3.98. The molecule has 0 heterocycles. The molecule has 86 valence electrons. The van der Waals surface area contributed by atoms with E-state index in [1.807, 2.05) is 0 Å². The molecule has 0 amide bonds. The number of nitrogens with zero attached hydrogens (tertiary/aromatic N) is 1. The molecule has 1 aromatic carbocycles. The number of benzene rings is 1. The number of alkyl halides is 3. The molecule has 0 aromatic heterocycles. The highest BCUT2D eigenvalue weighted by Crippen LogP contribution is 2.31. The van der Waals surface area contributed by atoms with E-state index in [2.05, 4.69) is 0 Å². The number of hydrogen-bond acceptors (Lipinski definition) is 2. The highest BCUT2D eigenvalue weighted by atomic mass is 19.4. The summed E-state index contributed by atoms with van der Waals surface area (Å²) in [6.45, 7) is 0. The van der Waals surface area contributed by atoms with Gasteiger partial charge in [-0.25, -0.2) is 8.78 Å². The molecular weight excluding hydrogens is 231 g/mol. The van der Waals surface area contributed by atoms with Crippen LogP contribution in [0.3, 0.4) is 0 Å². The topological polar surface area (TPSA) is 49.8 Å². The van der Waals surface area contributed by atoms with Crippen LogP contribution in [0.15, 0.2) is 12.1 Å². The number of halogens is 5. The van der Waals surface area contributed by atoms with Crippen molar-refractivity contribution in [1.29, 1.82) is 5.26 Å². The number of hydrogen-bond donors (Lipinski definition) is 1. The second-order valence-corrected chi connectivity index (χ2v) is 2.99. The Morgan fingerprint density at radius 2 is 1.62 bits per heavy atom. The first-order valence-corrected chi connectivity index (χ1v) is 3.98. The van der Waals surface area contributed by atoms with Crippen molar-refractivity contribution in [2.24, 2.45) is 5.73 Å². The number of rotatable bonds is 1. The molecule has 0 spiro atoms. The lowest BCUT2D eigenvalue weighted by Gasteiger charge is -2.16. The fraction of sp³-hybridized carbons (Fsp3) is 0.222. The van der Waals surface area contributed by atoms with Crippen LogP contribution in [0.2, 0.25) is 0 Å². The Bertz CT molecular complexity index is 423. The Balaban J connectivity index is 3.25. The molecule has 2 nitrogen and oxygen atoms in total. The molecular formula is C9H5F5N2. The minimum absolute atomic E-state index is 0.403. The first-order chi connectivity index (χ1) is 7.27. The van der Waals surface area contributed by atoms with Gasteiger partial charge in [-0.15, -0.1) is 0 Å². The van der Waals surface area contributed by atoms with Crippen LogP contribution >= 0.6 is 0 Å². The fourth-order valence-corrected chi connectivity index (χ4v) is 1.07. The van der Waals surface area contributed by atoms with E-state index in [4.69, 9.17) is 11.0 Å². The minimum Gasteiger partial charge on any atom is -0.316 e. The van der Waals surface area contributed by atoms with E-state index in [-0.39, 0.29) is 0 Å². The third kappa shape index (κ3) is 2.28. The van der Waals surface area contributed by atoms with Crippen molar-refractivity contribution < 1.29 is 22.0 Å². The average Bonchev–Trinajstić information content (AvgIpc) is 2.14. The van der Waals surface area contributed by atoms with Gasteiger partial charge in [0.25, 0.3) is 0 Å². The van der Waals surface area contributed by atoms with Crippen molar-refractivity contribution >= 4 is 0 Å². The van der Waals surface area contributed by atoms with E-state index < -0.39 is 35.0 Å². The SMILES string of the molecule is N#Cc1c(F)cc([C@@H](N)C(F)(F)F)cc1F. The number of nitriles is 1. The molecule has 2 N–H and O–H groups in total. The van der Waals surface area contributed by atoms with Gasteiger partial charge < -0.3 is 5.73 Å². The zero-order valence-corrected chi connectivity index (χ0v) is 7.65. The molecule has 7 heteroatoms. The van der Waals surface area contributed by atoms with Crippen molar-refractivity contribution in [1.82, 2.24) is 0 Å². The summed E-state index contributed by atoms with van der Waals surface area (Å²) in [7, 11) is 0. The van der Waals surface area contributed by atoms with Gasteiger partial charge in [0.2, 0.25) is 0 Å². The standard InChI is InChI=1S/C9H5F5N2/c10-6-1-4(8(16)9(12,13)14)2-7(11)5(6)3-15/h1-2,8H,16H2/t8-/m1/s1. The molecule has 0 radical (unpaired) electrons. The van der Waals surface area contributed by atoms with Crippen LogP contribution in [0.25, 0.3) is 0 Å². The maximum Gasteiger partial charge on any atom is 0.407 e. The minimum atomic E-state index is -4.80. The molecule has 0 fully saturated rings. The Labute approximate surface area is 87.1 Å². The van der Waals surface area contributed by atoms with Gasteiger partial charge in [0.05, 0.1) is 0 Å².